The Balaban J connectivity index is 1.98. The summed E-state index contributed by atoms with van der Waals surface area (Å²) in [6.45, 7) is 4.41. The predicted molar refractivity (Wildman–Crippen MR) is 111 cm³/mol. The molecule has 0 aliphatic heterocycles. The number of urea groups is 1. The van der Waals surface area contributed by atoms with Crippen LogP contribution in [0.2, 0.25) is 0 Å². The van der Waals surface area contributed by atoms with Gasteiger partial charge in [0.05, 0.1) is 16.7 Å². The predicted octanol–water partition coefficient (Wildman–Crippen LogP) is 2.94. The summed E-state index contributed by atoms with van der Waals surface area (Å²) in [5, 5.41) is 5.71. The highest BCUT2D eigenvalue weighted by Gasteiger charge is 2.31. The maximum atomic E-state index is 13.3. The third kappa shape index (κ3) is 4.22. The molecule has 1 aromatic carbocycles. The first-order chi connectivity index (χ1) is 13.4. The van der Waals surface area contributed by atoms with Crippen LogP contribution in [-0.2, 0) is 4.79 Å². The molecule has 1 heterocycles. The van der Waals surface area contributed by atoms with Crippen molar-refractivity contribution in [2.75, 3.05) is 12.8 Å². The first-order valence-corrected chi connectivity index (χ1v) is 10.6. The highest BCUT2D eigenvalue weighted by molar-refractivity contribution is 7.99. The lowest BCUT2D eigenvalue weighted by Crippen LogP contribution is -2.39. The maximum absolute atomic E-state index is 13.3. The van der Waals surface area contributed by atoms with Gasteiger partial charge in [0.25, 0.3) is 5.56 Å². The molecule has 1 saturated carbocycles. The molecule has 28 heavy (non-hydrogen) atoms. The number of rotatable bonds is 4. The van der Waals surface area contributed by atoms with Crippen LogP contribution in [0.5, 0.6) is 0 Å². The van der Waals surface area contributed by atoms with E-state index < -0.39 is 11.9 Å². The van der Waals surface area contributed by atoms with E-state index in [0.717, 1.165) is 19.3 Å². The highest BCUT2D eigenvalue weighted by Crippen LogP contribution is 2.38. The number of imide groups is 1. The van der Waals surface area contributed by atoms with Crippen LogP contribution in [0.4, 0.5) is 4.79 Å². The molecule has 2 N–H and O–H groups in total. The van der Waals surface area contributed by atoms with Crippen molar-refractivity contribution in [1.82, 2.24) is 20.2 Å². The van der Waals surface area contributed by atoms with E-state index in [2.05, 4.69) is 29.5 Å². The summed E-state index contributed by atoms with van der Waals surface area (Å²) in [4.78, 5) is 41.4. The molecule has 3 amide bonds. The van der Waals surface area contributed by atoms with Crippen molar-refractivity contribution in [1.29, 1.82) is 0 Å². The fourth-order valence-corrected chi connectivity index (χ4v) is 4.65. The van der Waals surface area contributed by atoms with Gasteiger partial charge in [-0.2, -0.15) is 0 Å². The molecule has 0 spiro atoms. The van der Waals surface area contributed by atoms with E-state index in [0.29, 0.717) is 27.9 Å². The van der Waals surface area contributed by atoms with E-state index in [4.69, 9.17) is 0 Å². The Hall–Kier alpha value is -2.35. The highest BCUT2D eigenvalue weighted by atomic mass is 32.2. The molecular weight excluding hydrogens is 376 g/mol. The summed E-state index contributed by atoms with van der Waals surface area (Å²) in [5.41, 5.74) is 0.556. The molecule has 0 saturated heterocycles. The summed E-state index contributed by atoms with van der Waals surface area (Å²) < 4.78 is 1.78. The lowest BCUT2D eigenvalue weighted by atomic mass is 9.78. The number of amides is 3. The zero-order valence-electron chi connectivity index (χ0n) is 16.4. The molecule has 3 atom stereocenters. The van der Waals surface area contributed by atoms with Crippen LogP contribution >= 0.6 is 11.8 Å². The van der Waals surface area contributed by atoms with Gasteiger partial charge in [0.2, 0.25) is 5.91 Å². The van der Waals surface area contributed by atoms with Crippen molar-refractivity contribution < 1.29 is 9.59 Å². The summed E-state index contributed by atoms with van der Waals surface area (Å²) in [6.07, 6.45) is 3.14. The minimum absolute atomic E-state index is 0.00878. The van der Waals surface area contributed by atoms with Gasteiger partial charge >= 0.3 is 6.03 Å². The topological polar surface area (TPSA) is 93.1 Å². The maximum Gasteiger partial charge on any atom is 0.321 e. The number of carbonyl (C=O) groups is 2. The first kappa shape index (κ1) is 20.4. The van der Waals surface area contributed by atoms with E-state index in [1.165, 1.54) is 18.8 Å². The molecule has 8 heteroatoms. The van der Waals surface area contributed by atoms with Gasteiger partial charge in [0, 0.05) is 13.1 Å². The van der Waals surface area contributed by atoms with E-state index in [-0.39, 0.29) is 17.4 Å². The SMILES string of the molecule is CNC(=O)NC(=O)CSc1nc2ccccc2c(=O)n1[C@@H]1CCC[C@H](C)[C@H]1C. The third-order valence-electron chi connectivity index (χ3n) is 5.58. The van der Waals surface area contributed by atoms with Crippen LogP contribution in [0.3, 0.4) is 0 Å². The Morgan fingerprint density at radius 3 is 2.75 bits per heavy atom. The molecule has 3 rings (SSSR count). The van der Waals surface area contributed by atoms with Crippen LogP contribution in [0.25, 0.3) is 10.9 Å². The number of carbonyl (C=O) groups excluding carboxylic acids is 2. The monoisotopic (exact) mass is 402 g/mol. The quantitative estimate of drug-likeness (QED) is 0.606. The minimum Gasteiger partial charge on any atom is -0.341 e. The number of thioether (sulfide) groups is 1. The lowest BCUT2D eigenvalue weighted by molar-refractivity contribution is -0.117. The van der Waals surface area contributed by atoms with Gasteiger partial charge in [0.15, 0.2) is 5.16 Å². The summed E-state index contributed by atoms with van der Waals surface area (Å²) >= 11 is 1.19. The van der Waals surface area contributed by atoms with Gasteiger partial charge in [-0.3, -0.25) is 19.5 Å². The molecule has 1 aromatic heterocycles. The zero-order chi connectivity index (χ0) is 20.3. The van der Waals surface area contributed by atoms with E-state index in [9.17, 15) is 14.4 Å². The number of hydrogen-bond acceptors (Lipinski definition) is 5. The molecule has 1 aliphatic carbocycles. The van der Waals surface area contributed by atoms with Crippen molar-refractivity contribution in [2.45, 2.75) is 44.3 Å². The Morgan fingerprint density at radius 2 is 2.00 bits per heavy atom. The van der Waals surface area contributed by atoms with Crippen LogP contribution in [-0.4, -0.2) is 34.3 Å². The second-order valence-corrected chi connectivity index (χ2v) is 8.28. The number of fused-ring (bicyclic) bond motifs is 1. The second-order valence-electron chi connectivity index (χ2n) is 7.34. The van der Waals surface area contributed by atoms with Crippen LogP contribution in [0.1, 0.15) is 39.2 Å². The van der Waals surface area contributed by atoms with Gasteiger partial charge in [0.1, 0.15) is 0 Å². The molecule has 7 nitrogen and oxygen atoms in total. The fourth-order valence-electron chi connectivity index (χ4n) is 3.79. The Labute approximate surface area is 168 Å². The summed E-state index contributed by atoms with van der Waals surface area (Å²) in [5.74, 6) is 0.442. The van der Waals surface area contributed by atoms with Crippen molar-refractivity contribution >= 4 is 34.6 Å². The number of nitrogens with zero attached hydrogens (tertiary/aromatic N) is 2. The Kier molecular flexibility index (Phi) is 6.39. The zero-order valence-corrected chi connectivity index (χ0v) is 17.2. The number of para-hydroxylation sites is 1. The first-order valence-electron chi connectivity index (χ1n) is 9.58. The molecule has 2 aromatic rings. The molecule has 1 aliphatic rings. The molecule has 150 valence electrons. The van der Waals surface area contributed by atoms with E-state index in [1.54, 1.807) is 10.6 Å². The summed E-state index contributed by atoms with van der Waals surface area (Å²) in [7, 11) is 1.45. The van der Waals surface area contributed by atoms with E-state index >= 15 is 0 Å². The van der Waals surface area contributed by atoms with Crippen molar-refractivity contribution in [3.05, 3.63) is 34.6 Å². The minimum atomic E-state index is -0.552. The number of benzene rings is 1. The number of nitrogens with one attached hydrogen (secondary N) is 2. The Bertz CT molecular complexity index is 943. The van der Waals surface area contributed by atoms with Gasteiger partial charge < -0.3 is 5.32 Å². The van der Waals surface area contributed by atoms with Crippen LogP contribution in [0, 0.1) is 11.8 Å². The lowest BCUT2D eigenvalue weighted by Gasteiger charge is -2.36. The number of aromatic nitrogens is 2. The van der Waals surface area contributed by atoms with Gasteiger partial charge in [-0.05, 0) is 30.4 Å². The van der Waals surface area contributed by atoms with Gasteiger partial charge in [-0.1, -0.05) is 50.6 Å². The fraction of sp³-hybridized carbons (Fsp3) is 0.500. The second kappa shape index (κ2) is 8.77. The third-order valence-corrected chi connectivity index (χ3v) is 6.54. The Morgan fingerprint density at radius 1 is 1.25 bits per heavy atom. The van der Waals surface area contributed by atoms with E-state index in [1.807, 2.05) is 18.2 Å². The van der Waals surface area contributed by atoms with Crippen LogP contribution < -0.4 is 16.2 Å². The smallest absolute Gasteiger partial charge is 0.321 e. The molecule has 1 fully saturated rings. The van der Waals surface area contributed by atoms with Crippen molar-refractivity contribution in [3.8, 4) is 0 Å². The normalized spacial score (nSPS) is 22.0. The molecule has 0 bridgehead atoms. The molecule has 0 unspecified atom stereocenters. The van der Waals surface area contributed by atoms with Crippen molar-refractivity contribution in [2.24, 2.45) is 11.8 Å². The average Bonchev–Trinajstić information content (AvgIpc) is 2.69. The molecule has 0 radical (unpaired) electrons. The number of hydrogen-bond donors (Lipinski definition) is 2. The largest absolute Gasteiger partial charge is 0.341 e. The van der Waals surface area contributed by atoms with Gasteiger partial charge in [-0.25, -0.2) is 9.78 Å². The standard InChI is InChI=1S/C20H26N4O3S/c1-12-7-6-10-16(13(12)2)24-18(26)14-8-4-5-9-15(14)22-20(24)28-11-17(25)23-19(27)21-3/h4-5,8-9,12-13,16H,6-7,10-11H2,1-3H3,(H2,21,23,25,27)/t12-,13+,16+/m0/s1. The van der Waals surface area contributed by atoms with Crippen LogP contribution in [0.15, 0.2) is 34.2 Å². The average molecular weight is 403 g/mol. The molecular formula is C20H26N4O3S. The summed E-state index contributed by atoms with van der Waals surface area (Å²) in [6, 6.07) is 6.79. The van der Waals surface area contributed by atoms with Crippen molar-refractivity contribution in [3.63, 3.8) is 0 Å². The van der Waals surface area contributed by atoms with Gasteiger partial charge in [-0.15, -0.1) is 0 Å².